The third kappa shape index (κ3) is 4.09. The van der Waals surface area contributed by atoms with Crippen molar-refractivity contribution in [2.24, 2.45) is 0 Å². The molecular weight excluding hydrogens is 348 g/mol. The van der Waals surface area contributed by atoms with Gasteiger partial charge in [-0.05, 0) is 44.5 Å². The molecule has 26 heavy (non-hydrogen) atoms. The maximum atomic E-state index is 5.67. The van der Waals surface area contributed by atoms with E-state index in [4.69, 9.17) is 9.15 Å². The Morgan fingerprint density at radius 1 is 1.15 bits per heavy atom. The maximum Gasteiger partial charge on any atom is 0.205 e. The summed E-state index contributed by atoms with van der Waals surface area (Å²) in [6.07, 6.45) is 2.19. The van der Waals surface area contributed by atoms with Gasteiger partial charge < -0.3 is 13.7 Å². The molecule has 0 N–H and O–H groups in total. The number of aryl methyl sites for hydroxylation is 2. The molecule has 0 radical (unpaired) electrons. The van der Waals surface area contributed by atoms with Gasteiger partial charge in [-0.25, -0.2) is 4.98 Å². The van der Waals surface area contributed by atoms with E-state index in [9.17, 15) is 0 Å². The van der Waals surface area contributed by atoms with Crippen molar-refractivity contribution in [3.8, 4) is 17.1 Å². The third-order valence-corrected chi connectivity index (χ3v) is 5.15. The Hall–Kier alpha value is -2.28. The van der Waals surface area contributed by atoms with Gasteiger partial charge in [-0.3, -0.25) is 0 Å². The Balaban J connectivity index is 1.83. The average Bonchev–Trinajstić information content (AvgIpc) is 3.21. The number of hydrogen-bond donors (Lipinski definition) is 0. The predicted molar refractivity (Wildman–Crippen MR) is 102 cm³/mol. The Bertz CT molecular complexity index is 836. The lowest BCUT2D eigenvalue weighted by Crippen LogP contribution is -2.02. The molecule has 0 bridgehead atoms. The van der Waals surface area contributed by atoms with Gasteiger partial charge in [0.1, 0.15) is 11.5 Å². The molecule has 0 aliphatic rings. The van der Waals surface area contributed by atoms with Crippen molar-refractivity contribution in [2.45, 2.75) is 51.1 Å². The van der Waals surface area contributed by atoms with E-state index < -0.39 is 0 Å². The highest BCUT2D eigenvalue weighted by Crippen LogP contribution is 2.28. The summed E-state index contributed by atoms with van der Waals surface area (Å²) in [6, 6.07) is 7.92. The number of benzene rings is 1. The summed E-state index contributed by atoms with van der Waals surface area (Å²) >= 11 is 1.60. The first kappa shape index (κ1) is 18.5. The molecule has 6 nitrogen and oxygen atoms in total. The predicted octanol–water partition coefficient (Wildman–Crippen LogP) is 4.65. The first-order valence-electron chi connectivity index (χ1n) is 8.75. The minimum atomic E-state index is 0.640. The highest BCUT2D eigenvalue weighted by molar-refractivity contribution is 7.98. The standard InChI is InChI=1S/C19H24N4O2S/c1-5-6-11-23-18(15-7-9-16(24-4)10-8-15)21-22-19(23)26-12-17-20-13(2)14(3)25-17/h7-10H,5-6,11-12H2,1-4H3. The van der Waals surface area contributed by atoms with Crippen molar-refractivity contribution in [1.82, 2.24) is 19.7 Å². The van der Waals surface area contributed by atoms with Crippen LogP contribution < -0.4 is 4.74 Å². The van der Waals surface area contributed by atoms with Gasteiger partial charge in [0, 0.05) is 12.1 Å². The normalized spacial score (nSPS) is 11.1. The largest absolute Gasteiger partial charge is 0.497 e. The topological polar surface area (TPSA) is 66.0 Å². The zero-order chi connectivity index (χ0) is 18.5. The van der Waals surface area contributed by atoms with Crippen LogP contribution in [-0.4, -0.2) is 26.9 Å². The van der Waals surface area contributed by atoms with Gasteiger partial charge in [0.25, 0.3) is 0 Å². The zero-order valence-corrected chi connectivity index (χ0v) is 16.5. The van der Waals surface area contributed by atoms with Crippen molar-refractivity contribution >= 4 is 11.8 Å². The van der Waals surface area contributed by atoms with Crippen molar-refractivity contribution in [3.63, 3.8) is 0 Å². The second-order valence-electron chi connectivity index (χ2n) is 6.08. The molecule has 0 aliphatic heterocycles. The molecule has 0 saturated heterocycles. The number of thioether (sulfide) groups is 1. The van der Waals surface area contributed by atoms with Gasteiger partial charge in [-0.1, -0.05) is 25.1 Å². The molecule has 2 aromatic heterocycles. The Labute approximate surface area is 158 Å². The van der Waals surface area contributed by atoms with Crippen molar-refractivity contribution in [3.05, 3.63) is 41.6 Å². The molecule has 0 amide bonds. The van der Waals surface area contributed by atoms with Gasteiger partial charge in [0.15, 0.2) is 11.0 Å². The Morgan fingerprint density at radius 2 is 1.92 bits per heavy atom. The molecule has 2 heterocycles. The van der Waals surface area contributed by atoms with Crippen LogP contribution in [0.5, 0.6) is 5.75 Å². The SMILES string of the molecule is CCCCn1c(SCc2nc(C)c(C)o2)nnc1-c1ccc(OC)cc1. The van der Waals surface area contributed by atoms with Crippen molar-refractivity contribution < 1.29 is 9.15 Å². The summed E-state index contributed by atoms with van der Waals surface area (Å²) in [5, 5.41) is 9.72. The summed E-state index contributed by atoms with van der Waals surface area (Å²) in [5.41, 5.74) is 1.97. The molecule has 0 saturated carbocycles. The van der Waals surface area contributed by atoms with E-state index in [1.807, 2.05) is 38.1 Å². The molecule has 3 aromatic rings. The Kier molecular flexibility index (Phi) is 5.98. The van der Waals surface area contributed by atoms with E-state index in [1.54, 1.807) is 18.9 Å². The number of ether oxygens (including phenoxy) is 1. The number of methoxy groups -OCH3 is 1. The summed E-state index contributed by atoms with van der Waals surface area (Å²) in [6.45, 7) is 6.96. The van der Waals surface area contributed by atoms with Gasteiger partial charge in [0.05, 0.1) is 18.6 Å². The molecule has 0 unspecified atom stereocenters. The number of oxazole rings is 1. The van der Waals surface area contributed by atoms with Crippen LogP contribution in [0.1, 0.15) is 37.1 Å². The number of nitrogens with zero attached hydrogens (tertiary/aromatic N) is 4. The van der Waals surface area contributed by atoms with Crippen LogP contribution in [-0.2, 0) is 12.3 Å². The fourth-order valence-corrected chi connectivity index (χ4v) is 3.40. The average molecular weight is 372 g/mol. The van der Waals surface area contributed by atoms with E-state index in [0.29, 0.717) is 5.75 Å². The monoisotopic (exact) mass is 372 g/mol. The third-order valence-electron chi connectivity index (χ3n) is 4.20. The maximum absolute atomic E-state index is 5.67. The van der Waals surface area contributed by atoms with Gasteiger partial charge >= 0.3 is 0 Å². The van der Waals surface area contributed by atoms with E-state index in [2.05, 4.69) is 26.7 Å². The van der Waals surface area contributed by atoms with Crippen LogP contribution in [0, 0.1) is 13.8 Å². The fraction of sp³-hybridized carbons (Fsp3) is 0.421. The molecule has 138 valence electrons. The number of rotatable bonds is 8. The second kappa shape index (κ2) is 8.40. The molecule has 0 atom stereocenters. The van der Waals surface area contributed by atoms with Crippen molar-refractivity contribution in [1.29, 1.82) is 0 Å². The molecule has 0 fully saturated rings. The second-order valence-corrected chi connectivity index (χ2v) is 7.02. The van der Waals surface area contributed by atoms with E-state index in [1.165, 1.54) is 0 Å². The number of hydrogen-bond acceptors (Lipinski definition) is 6. The highest BCUT2D eigenvalue weighted by Gasteiger charge is 2.16. The van der Waals surface area contributed by atoms with Crippen LogP contribution in [0.4, 0.5) is 0 Å². The minimum absolute atomic E-state index is 0.640. The molecule has 3 rings (SSSR count). The van der Waals surface area contributed by atoms with E-state index in [-0.39, 0.29) is 0 Å². The number of unbranched alkanes of at least 4 members (excludes halogenated alkanes) is 1. The molecular formula is C19H24N4O2S. The molecule has 7 heteroatoms. The molecule has 0 spiro atoms. The first-order valence-corrected chi connectivity index (χ1v) is 9.74. The van der Waals surface area contributed by atoms with Crippen LogP contribution in [0.25, 0.3) is 11.4 Å². The molecule has 0 aliphatic carbocycles. The van der Waals surface area contributed by atoms with Crippen LogP contribution >= 0.6 is 11.8 Å². The molecule has 1 aromatic carbocycles. The van der Waals surface area contributed by atoms with Gasteiger partial charge in [-0.15, -0.1) is 10.2 Å². The highest BCUT2D eigenvalue weighted by atomic mass is 32.2. The lowest BCUT2D eigenvalue weighted by Gasteiger charge is -2.09. The fourth-order valence-electron chi connectivity index (χ4n) is 2.59. The van der Waals surface area contributed by atoms with Crippen LogP contribution in [0.2, 0.25) is 0 Å². The summed E-state index contributed by atoms with van der Waals surface area (Å²) in [4.78, 5) is 4.44. The first-order chi connectivity index (χ1) is 12.6. The van der Waals surface area contributed by atoms with Crippen LogP contribution in [0.3, 0.4) is 0 Å². The quantitative estimate of drug-likeness (QED) is 0.536. The smallest absolute Gasteiger partial charge is 0.205 e. The van der Waals surface area contributed by atoms with Gasteiger partial charge in [-0.2, -0.15) is 0 Å². The summed E-state index contributed by atoms with van der Waals surface area (Å²) in [5.74, 6) is 3.94. The summed E-state index contributed by atoms with van der Waals surface area (Å²) in [7, 11) is 1.67. The van der Waals surface area contributed by atoms with Gasteiger partial charge in [0.2, 0.25) is 5.89 Å². The van der Waals surface area contributed by atoms with Crippen molar-refractivity contribution in [2.75, 3.05) is 7.11 Å². The lowest BCUT2D eigenvalue weighted by atomic mass is 10.2. The lowest BCUT2D eigenvalue weighted by molar-refractivity contribution is 0.415. The Morgan fingerprint density at radius 3 is 2.54 bits per heavy atom. The summed E-state index contributed by atoms with van der Waals surface area (Å²) < 4.78 is 13.1. The van der Waals surface area contributed by atoms with E-state index >= 15 is 0 Å². The van der Waals surface area contributed by atoms with Crippen LogP contribution in [0.15, 0.2) is 33.8 Å². The number of aromatic nitrogens is 4. The van der Waals surface area contributed by atoms with E-state index in [0.717, 1.165) is 59.0 Å². The zero-order valence-electron chi connectivity index (χ0n) is 15.7. The minimum Gasteiger partial charge on any atom is -0.497 e.